The summed E-state index contributed by atoms with van der Waals surface area (Å²) in [5, 5.41) is 16.4. The van der Waals surface area contributed by atoms with Gasteiger partial charge in [-0.15, -0.1) is 0 Å². The highest BCUT2D eigenvalue weighted by Crippen LogP contribution is 2.07. The zero-order valence-electron chi connectivity index (χ0n) is 19.0. The van der Waals surface area contributed by atoms with Crippen LogP contribution in [0.4, 0.5) is 0 Å². The van der Waals surface area contributed by atoms with Crippen molar-refractivity contribution in [3.8, 4) is 0 Å². The number of carboxylic acid groups (broad SMARTS) is 1. The lowest BCUT2D eigenvalue weighted by Crippen LogP contribution is -2.58. The molecular formula is C22H33N5O6. The van der Waals surface area contributed by atoms with Gasteiger partial charge in [0.05, 0.1) is 6.04 Å². The number of hydrogen-bond donors (Lipinski definition) is 6. The maximum Gasteiger partial charge on any atom is 0.325 e. The Morgan fingerprint density at radius 2 is 1.42 bits per heavy atom. The summed E-state index contributed by atoms with van der Waals surface area (Å²) < 4.78 is 0. The Bertz CT molecular complexity index is 845. The minimum Gasteiger partial charge on any atom is -0.480 e. The molecule has 11 nitrogen and oxygen atoms in total. The van der Waals surface area contributed by atoms with Gasteiger partial charge in [0.25, 0.3) is 0 Å². The predicted octanol–water partition coefficient (Wildman–Crippen LogP) is -0.963. The van der Waals surface area contributed by atoms with Crippen LogP contribution in [0, 0.1) is 5.92 Å². The van der Waals surface area contributed by atoms with Gasteiger partial charge < -0.3 is 32.5 Å². The van der Waals surface area contributed by atoms with Gasteiger partial charge in [-0.3, -0.25) is 24.0 Å². The monoisotopic (exact) mass is 463 g/mol. The number of aliphatic carboxylic acids is 1. The summed E-state index contributed by atoms with van der Waals surface area (Å²) in [7, 11) is 0. The predicted molar refractivity (Wildman–Crippen MR) is 120 cm³/mol. The number of hydrogen-bond acceptors (Lipinski definition) is 6. The molecule has 8 N–H and O–H groups in total. The van der Waals surface area contributed by atoms with Crippen LogP contribution in [0.2, 0.25) is 0 Å². The van der Waals surface area contributed by atoms with Crippen molar-refractivity contribution in [3.05, 3.63) is 35.9 Å². The van der Waals surface area contributed by atoms with Crippen molar-refractivity contribution >= 4 is 29.6 Å². The van der Waals surface area contributed by atoms with Gasteiger partial charge in [-0.2, -0.15) is 0 Å². The molecule has 4 atom stereocenters. The van der Waals surface area contributed by atoms with Crippen molar-refractivity contribution in [1.82, 2.24) is 16.0 Å². The van der Waals surface area contributed by atoms with E-state index in [1.54, 1.807) is 44.2 Å². The third kappa shape index (κ3) is 9.69. The lowest BCUT2D eigenvalue weighted by Gasteiger charge is -2.25. The number of rotatable bonds is 13. The quantitative estimate of drug-likeness (QED) is 0.217. The van der Waals surface area contributed by atoms with Gasteiger partial charge in [0.15, 0.2) is 0 Å². The van der Waals surface area contributed by atoms with Crippen molar-refractivity contribution < 1.29 is 29.1 Å². The van der Waals surface area contributed by atoms with E-state index in [1.807, 2.05) is 0 Å². The highest BCUT2D eigenvalue weighted by molar-refractivity contribution is 5.94. The number of nitrogens with two attached hydrogens (primary N) is 2. The van der Waals surface area contributed by atoms with Gasteiger partial charge in [0.1, 0.15) is 18.1 Å². The van der Waals surface area contributed by atoms with Crippen LogP contribution < -0.4 is 27.4 Å². The fourth-order valence-corrected chi connectivity index (χ4v) is 2.83. The van der Waals surface area contributed by atoms with Crippen LogP contribution in [0.1, 0.15) is 39.2 Å². The number of primary amides is 1. The Labute approximate surface area is 192 Å². The smallest absolute Gasteiger partial charge is 0.325 e. The third-order valence-electron chi connectivity index (χ3n) is 4.98. The summed E-state index contributed by atoms with van der Waals surface area (Å²) in [5.74, 6) is -4.12. The van der Waals surface area contributed by atoms with Crippen LogP contribution in [0.5, 0.6) is 0 Å². The van der Waals surface area contributed by atoms with Crippen molar-refractivity contribution in [3.63, 3.8) is 0 Å². The van der Waals surface area contributed by atoms with E-state index in [9.17, 15) is 24.0 Å². The Hall–Kier alpha value is -3.47. The summed E-state index contributed by atoms with van der Waals surface area (Å²) in [6.45, 7) is 4.80. The topological polar surface area (TPSA) is 194 Å². The van der Waals surface area contributed by atoms with Crippen molar-refractivity contribution in [2.75, 3.05) is 0 Å². The average molecular weight is 464 g/mol. The van der Waals surface area contributed by atoms with Gasteiger partial charge in [-0.25, -0.2) is 0 Å². The van der Waals surface area contributed by atoms with Crippen LogP contribution in [0.3, 0.4) is 0 Å². The molecule has 0 saturated heterocycles. The zero-order valence-corrected chi connectivity index (χ0v) is 19.0. The maximum absolute atomic E-state index is 13.1. The maximum atomic E-state index is 13.1. The zero-order chi connectivity index (χ0) is 25.1. The molecule has 4 amide bonds. The number of amides is 4. The van der Waals surface area contributed by atoms with E-state index in [0.29, 0.717) is 0 Å². The summed E-state index contributed by atoms with van der Waals surface area (Å²) in [4.78, 5) is 60.4. The standard InChI is InChI=1S/C22H33N5O6/c1-12(2)18(24)21(31)27-16(11-14-7-5-4-6-8-14)20(30)26-15(9-10-17(23)28)19(29)25-13(3)22(32)33/h4-8,12-13,15-16,18H,9-11,24H2,1-3H3,(H2,23,28)(H,25,29)(H,26,30)(H,27,31)(H,32,33). The van der Waals surface area contributed by atoms with Crippen molar-refractivity contribution in [1.29, 1.82) is 0 Å². The molecule has 0 bridgehead atoms. The van der Waals surface area contributed by atoms with Gasteiger partial charge in [0, 0.05) is 12.8 Å². The largest absolute Gasteiger partial charge is 0.480 e. The Kier molecular flexibility index (Phi) is 11.0. The number of nitrogens with one attached hydrogen (secondary N) is 3. The molecule has 1 aromatic carbocycles. The SMILES string of the molecule is CC(NC(=O)C(CCC(N)=O)NC(=O)C(Cc1ccccc1)NC(=O)C(N)C(C)C)C(=O)O. The second kappa shape index (κ2) is 13.2. The molecule has 0 fully saturated rings. The molecule has 0 spiro atoms. The van der Waals surface area contributed by atoms with Crippen LogP contribution >= 0.6 is 0 Å². The van der Waals surface area contributed by atoms with Gasteiger partial charge in [-0.1, -0.05) is 44.2 Å². The van der Waals surface area contributed by atoms with Crippen LogP contribution in [-0.2, 0) is 30.4 Å². The molecule has 0 saturated carbocycles. The average Bonchev–Trinajstić information content (AvgIpc) is 2.75. The Balaban J connectivity index is 3.07. The summed E-state index contributed by atoms with van der Waals surface area (Å²) in [6.07, 6.45) is -0.233. The van der Waals surface area contributed by atoms with Gasteiger partial charge in [0.2, 0.25) is 23.6 Å². The van der Waals surface area contributed by atoms with E-state index in [2.05, 4.69) is 16.0 Å². The van der Waals surface area contributed by atoms with Crippen molar-refractivity contribution in [2.45, 2.75) is 64.2 Å². The molecule has 0 radical (unpaired) electrons. The first kappa shape index (κ1) is 27.6. The molecule has 1 aromatic rings. The van der Waals surface area contributed by atoms with E-state index in [4.69, 9.17) is 16.6 Å². The Morgan fingerprint density at radius 1 is 0.879 bits per heavy atom. The first-order valence-electron chi connectivity index (χ1n) is 10.6. The minimum absolute atomic E-state index is 0.124. The number of carbonyl (C=O) groups excluding carboxylic acids is 4. The summed E-state index contributed by atoms with van der Waals surface area (Å²) >= 11 is 0. The lowest BCUT2D eigenvalue weighted by atomic mass is 10.0. The van der Waals surface area contributed by atoms with Crippen LogP contribution in [0.15, 0.2) is 30.3 Å². The number of benzene rings is 1. The molecule has 4 unspecified atom stereocenters. The molecule has 0 aliphatic carbocycles. The number of carboxylic acids is 1. The molecule has 0 aliphatic rings. The van der Waals surface area contributed by atoms with Crippen molar-refractivity contribution in [2.24, 2.45) is 17.4 Å². The number of carbonyl (C=O) groups is 5. The Morgan fingerprint density at radius 3 is 1.94 bits per heavy atom. The summed E-state index contributed by atoms with van der Waals surface area (Å²) in [5.41, 5.74) is 11.8. The highest BCUT2D eigenvalue weighted by Gasteiger charge is 2.30. The first-order chi connectivity index (χ1) is 15.4. The molecule has 11 heteroatoms. The van der Waals surface area contributed by atoms with Crippen LogP contribution in [0.25, 0.3) is 0 Å². The molecule has 1 rings (SSSR count). The molecule has 0 aromatic heterocycles. The first-order valence-corrected chi connectivity index (χ1v) is 10.6. The summed E-state index contributed by atoms with van der Waals surface area (Å²) in [6, 6.07) is 4.56. The third-order valence-corrected chi connectivity index (χ3v) is 4.98. The van der Waals surface area contributed by atoms with Crippen LogP contribution in [-0.4, -0.2) is 58.9 Å². The second-order valence-electron chi connectivity index (χ2n) is 8.16. The van der Waals surface area contributed by atoms with E-state index < -0.39 is 53.8 Å². The molecule has 33 heavy (non-hydrogen) atoms. The molecular weight excluding hydrogens is 430 g/mol. The molecule has 0 heterocycles. The fraction of sp³-hybridized carbons (Fsp3) is 0.500. The minimum atomic E-state index is -1.26. The van der Waals surface area contributed by atoms with E-state index in [-0.39, 0.29) is 25.2 Å². The molecule has 0 aliphatic heterocycles. The second-order valence-corrected chi connectivity index (χ2v) is 8.16. The van der Waals surface area contributed by atoms with Gasteiger partial charge in [-0.05, 0) is 24.8 Å². The molecule has 182 valence electrons. The lowest BCUT2D eigenvalue weighted by molar-refractivity contribution is -0.142. The van der Waals surface area contributed by atoms with Gasteiger partial charge >= 0.3 is 5.97 Å². The normalized spacial score (nSPS) is 14.5. The van der Waals surface area contributed by atoms with E-state index in [0.717, 1.165) is 5.56 Å². The van der Waals surface area contributed by atoms with E-state index >= 15 is 0 Å². The fourth-order valence-electron chi connectivity index (χ4n) is 2.83. The van der Waals surface area contributed by atoms with E-state index in [1.165, 1.54) is 6.92 Å². The highest BCUT2D eigenvalue weighted by atomic mass is 16.4.